The topological polar surface area (TPSA) is 96.0 Å². The van der Waals surface area contributed by atoms with Crippen molar-refractivity contribution in [2.45, 2.75) is 38.3 Å². The quantitative estimate of drug-likeness (QED) is 0.314. The molecule has 208 valence electrons. The van der Waals surface area contributed by atoms with E-state index in [1.54, 1.807) is 49.4 Å². The van der Waals surface area contributed by atoms with Crippen molar-refractivity contribution in [3.05, 3.63) is 88.9 Å². The first-order valence-corrected chi connectivity index (χ1v) is 14.8. The minimum absolute atomic E-state index is 0.0332. The van der Waals surface area contributed by atoms with Crippen LogP contribution in [0.5, 0.6) is 5.75 Å². The summed E-state index contributed by atoms with van der Waals surface area (Å²) < 4.78 is 35.1. The summed E-state index contributed by atoms with van der Waals surface area (Å²) in [6.07, 6.45) is 0. The van der Waals surface area contributed by atoms with Crippen LogP contribution >= 0.6 is 15.9 Å². The zero-order chi connectivity index (χ0) is 28.6. The van der Waals surface area contributed by atoms with Crippen molar-refractivity contribution in [3.63, 3.8) is 0 Å². The number of nitrogens with one attached hydrogen (secondary N) is 1. The van der Waals surface area contributed by atoms with Crippen LogP contribution in [0.1, 0.15) is 26.3 Å². The molecule has 0 saturated carbocycles. The molecule has 0 aliphatic heterocycles. The average Bonchev–Trinajstić information content (AvgIpc) is 2.94. The number of halogens is 1. The van der Waals surface area contributed by atoms with Crippen molar-refractivity contribution >= 4 is 43.5 Å². The molecule has 2 amide bonds. The predicted molar refractivity (Wildman–Crippen MR) is 156 cm³/mol. The van der Waals surface area contributed by atoms with Gasteiger partial charge in [-0.25, -0.2) is 8.42 Å². The highest BCUT2D eigenvalue weighted by Gasteiger charge is 2.33. The lowest BCUT2D eigenvalue weighted by Crippen LogP contribution is -2.51. The molecular formula is C29H34BrN3O5S. The minimum atomic E-state index is -4.16. The zero-order valence-corrected chi connectivity index (χ0v) is 24.9. The van der Waals surface area contributed by atoms with Crippen molar-refractivity contribution < 1.29 is 22.7 Å². The Morgan fingerprint density at radius 1 is 0.923 bits per heavy atom. The molecule has 0 aliphatic rings. The molecular weight excluding hydrogens is 582 g/mol. The molecule has 0 aromatic heterocycles. The number of sulfonamides is 1. The largest absolute Gasteiger partial charge is 0.495 e. The van der Waals surface area contributed by atoms with Gasteiger partial charge in [0.1, 0.15) is 18.3 Å². The molecule has 8 nitrogen and oxygen atoms in total. The lowest BCUT2D eigenvalue weighted by atomic mass is 10.1. The van der Waals surface area contributed by atoms with E-state index in [4.69, 9.17) is 4.74 Å². The van der Waals surface area contributed by atoms with E-state index in [1.165, 1.54) is 24.1 Å². The van der Waals surface area contributed by atoms with Crippen molar-refractivity contribution in [2.24, 2.45) is 5.92 Å². The van der Waals surface area contributed by atoms with Gasteiger partial charge in [0.2, 0.25) is 11.8 Å². The Kier molecular flexibility index (Phi) is 10.5. The van der Waals surface area contributed by atoms with Crippen molar-refractivity contribution in [3.8, 4) is 5.75 Å². The number of hydrogen-bond donors (Lipinski definition) is 1. The number of benzene rings is 3. The Labute approximate surface area is 239 Å². The summed E-state index contributed by atoms with van der Waals surface area (Å²) in [5, 5.41) is 2.88. The van der Waals surface area contributed by atoms with E-state index >= 15 is 0 Å². The number of hydrogen-bond acceptors (Lipinski definition) is 5. The molecule has 39 heavy (non-hydrogen) atoms. The van der Waals surface area contributed by atoms with Gasteiger partial charge in [-0.05, 0) is 54.8 Å². The third kappa shape index (κ3) is 7.83. The molecule has 0 unspecified atom stereocenters. The van der Waals surface area contributed by atoms with E-state index in [2.05, 4.69) is 21.2 Å². The second-order valence-electron chi connectivity index (χ2n) is 9.46. The van der Waals surface area contributed by atoms with Crippen molar-refractivity contribution in [1.29, 1.82) is 0 Å². The molecule has 0 radical (unpaired) electrons. The fourth-order valence-corrected chi connectivity index (χ4v) is 5.60. The summed E-state index contributed by atoms with van der Waals surface area (Å²) in [6, 6.07) is 21.1. The predicted octanol–water partition coefficient (Wildman–Crippen LogP) is 4.84. The van der Waals surface area contributed by atoms with Crippen LogP contribution in [0.15, 0.2) is 88.2 Å². The molecule has 1 atom stereocenters. The summed E-state index contributed by atoms with van der Waals surface area (Å²) in [5.74, 6) is -0.319. The maximum atomic E-state index is 13.9. The molecule has 3 aromatic rings. The maximum absolute atomic E-state index is 13.9. The number of ether oxygens (including phenoxy) is 1. The van der Waals surface area contributed by atoms with Gasteiger partial charge >= 0.3 is 0 Å². The molecule has 0 heterocycles. The Morgan fingerprint density at radius 2 is 1.54 bits per heavy atom. The molecule has 10 heteroatoms. The first-order chi connectivity index (χ1) is 18.5. The molecule has 3 aromatic carbocycles. The molecule has 0 bridgehead atoms. The van der Waals surface area contributed by atoms with Crippen LogP contribution in [-0.2, 0) is 26.2 Å². The molecule has 0 fully saturated rings. The van der Waals surface area contributed by atoms with Crippen LogP contribution in [0.4, 0.5) is 5.69 Å². The number of methoxy groups -OCH3 is 1. The van der Waals surface area contributed by atoms with Gasteiger partial charge in [-0.1, -0.05) is 72.2 Å². The Bertz CT molecular complexity index is 1370. The van der Waals surface area contributed by atoms with Crippen LogP contribution in [0.3, 0.4) is 0 Å². The Hall–Kier alpha value is -3.37. The second-order valence-corrected chi connectivity index (χ2v) is 12.2. The number of carbonyl (C=O) groups is 2. The first-order valence-electron chi connectivity index (χ1n) is 12.6. The normalized spacial score (nSPS) is 12.1. The van der Waals surface area contributed by atoms with E-state index < -0.39 is 28.5 Å². The monoisotopic (exact) mass is 615 g/mol. The molecule has 3 rings (SSSR count). The lowest BCUT2D eigenvalue weighted by molar-refractivity contribution is -0.139. The smallest absolute Gasteiger partial charge is 0.264 e. The van der Waals surface area contributed by atoms with Gasteiger partial charge in [0.05, 0.1) is 17.7 Å². The zero-order valence-electron chi connectivity index (χ0n) is 22.5. The van der Waals surface area contributed by atoms with E-state index in [0.29, 0.717) is 12.3 Å². The number of anilines is 1. The highest BCUT2D eigenvalue weighted by atomic mass is 79.9. The number of rotatable bonds is 12. The van der Waals surface area contributed by atoms with Gasteiger partial charge in [-0.3, -0.25) is 13.9 Å². The summed E-state index contributed by atoms with van der Waals surface area (Å²) in [6.45, 7) is 5.65. The molecule has 1 N–H and O–H groups in total. The van der Waals surface area contributed by atoms with Gasteiger partial charge in [-0.2, -0.15) is 0 Å². The second kappa shape index (κ2) is 13.6. The Morgan fingerprint density at radius 3 is 2.15 bits per heavy atom. The number of nitrogens with zero attached hydrogens (tertiary/aromatic N) is 2. The van der Waals surface area contributed by atoms with Gasteiger partial charge in [-0.15, -0.1) is 0 Å². The van der Waals surface area contributed by atoms with E-state index in [0.717, 1.165) is 14.3 Å². The van der Waals surface area contributed by atoms with E-state index in [1.807, 2.05) is 38.1 Å². The SMILES string of the molecule is COc1ccccc1N(CC(=O)N(Cc1ccc(Br)cc1)[C@@H](C)C(=O)NCC(C)C)S(=O)(=O)c1ccccc1. The highest BCUT2D eigenvalue weighted by molar-refractivity contribution is 9.10. The van der Waals surface area contributed by atoms with Crippen LogP contribution in [-0.4, -0.2) is 51.4 Å². The third-order valence-corrected chi connectivity index (χ3v) is 8.38. The van der Waals surface area contributed by atoms with E-state index in [9.17, 15) is 18.0 Å². The summed E-state index contributed by atoms with van der Waals surface area (Å²) >= 11 is 3.41. The fraction of sp³-hybridized carbons (Fsp3) is 0.310. The third-order valence-electron chi connectivity index (χ3n) is 6.08. The number of carbonyl (C=O) groups excluding carboxylic acids is 2. The number of amides is 2. The summed E-state index contributed by atoms with van der Waals surface area (Å²) in [4.78, 5) is 28.4. The highest BCUT2D eigenvalue weighted by Crippen LogP contribution is 2.32. The Balaban J connectivity index is 2.03. The standard InChI is InChI=1S/C29H34BrN3O5S/c1-21(2)18-31-29(35)22(3)32(19-23-14-16-24(30)17-15-23)28(34)20-33(26-12-8-9-13-27(26)38-4)39(36,37)25-10-6-5-7-11-25/h5-17,21-22H,18-20H2,1-4H3,(H,31,35)/t22-/m0/s1. The van der Waals surface area contributed by atoms with Gasteiger partial charge in [0, 0.05) is 17.6 Å². The molecule has 0 saturated heterocycles. The van der Waals surface area contributed by atoms with Gasteiger partial charge in [0.25, 0.3) is 10.0 Å². The van der Waals surface area contributed by atoms with Crippen molar-refractivity contribution in [2.75, 3.05) is 24.5 Å². The fourth-order valence-electron chi connectivity index (χ4n) is 3.89. The van der Waals surface area contributed by atoms with Crippen LogP contribution < -0.4 is 14.4 Å². The van der Waals surface area contributed by atoms with E-state index in [-0.39, 0.29) is 29.0 Å². The molecule has 0 spiro atoms. The maximum Gasteiger partial charge on any atom is 0.264 e. The van der Waals surface area contributed by atoms with Crippen LogP contribution in [0.2, 0.25) is 0 Å². The minimum Gasteiger partial charge on any atom is -0.495 e. The summed E-state index contributed by atoms with van der Waals surface area (Å²) in [5.41, 5.74) is 1.02. The van der Waals surface area contributed by atoms with Crippen LogP contribution in [0, 0.1) is 5.92 Å². The first kappa shape index (κ1) is 30.2. The van der Waals surface area contributed by atoms with Crippen LogP contribution in [0.25, 0.3) is 0 Å². The number of para-hydroxylation sites is 2. The van der Waals surface area contributed by atoms with Gasteiger partial charge < -0.3 is 15.0 Å². The lowest BCUT2D eigenvalue weighted by Gasteiger charge is -2.32. The average molecular weight is 617 g/mol. The van der Waals surface area contributed by atoms with Gasteiger partial charge in [0.15, 0.2) is 0 Å². The summed E-state index contributed by atoms with van der Waals surface area (Å²) in [7, 11) is -2.72. The van der Waals surface area contributed by atoms with Crippen molar-refractivity contribution in [1.82, 2.24) is 10.2 Å². The molecule has 0 aliphatic carbocycles.